The number of urea groups is 1. The molecule has 0 saturated heterocycles. The lowest BCUT2D eigenvalue weighted by atomic mass is 9.70. The number of rotatable bonds is 4. The van der Waals surface area contributed by atoms with Crippen molar-refractivity contribution in [2.45, 2.75) is 26.2 Å². The first-order valence-electron chi connectivity index (χ1n) is 4.82. The lowest BCUT2D eigenvalue weighted by Gasteiger charge is -2.38. The number of carbonyl (C=O) groups excluding carboxylic acids is 2. The van der Waals surface area contributed by atoms with Crippen LogP contribution in [0.1, 0.15) is 26.2 Å². The van der Waals surface area contributed by atoms with E-state index in [4.69, 9.17) is 5.73 Å². The molecule has 80 valence electrons. The SMILES string of the molecule is CC1(CNCC(=O)NC(N)=O)CCC1. The zero-order chi connectivity index (χ0) is 10.6. The summed E-state index contributed by atoms with van der Waals surface area (Å²) < 4.78 is 0. The normalized spacial score (nSPS) is 18.4. The summed E-state index contributed by atoms with van der Waals surface area (Å²) >= 11 is 0. The van der Waals surface area contributed by atoms with E-state index in [0.29, 0.717) is 5.41 Å². The van der Waals surface area contributed by atoms with Gasteiger partial charge in [-0.25, -0.2) is 4.79 Å². The lowest BCUT2D eigenvalue weighted by molar-refractivity contribution is -0.119. The fraction of sp³-hybridized carbons (Fsp3) is 0.778. The third kappa shape index (κ3) is 3.33. The number of imide groups is 1. The van der Waals surface area contributed by atoms with Gasteiger partial charge < -0.3 is 11.1 Å². The molecule has 0 spiro atoms. The van der Waals surface area contributed by atoms with Crippen LogP contribution in [0.3, 0.4) is 0 Å². The molecular weight excluding hydrogens is 182 g/mol. The average Bonchev–Trinajstić information content (AvgIpc) is 1.99. The van der Waals surface area contributed by atoms with Crippen LogP contribution in [0.25, 0.3) is 0 Å². The molecule has 0 radical (unpaired) electrons. The fourth-order valence-corrected chi connectivity index (χ4v) is 1.62. The summed E-state index contributed by atoms with van der Waals surface area (Å²) in [6.45, 7) is 3.16. The van der Waals surface area contributed by atoms with Gasteiger partial charge >= 0.3 is 6.03 Å². The maximum absolute atomic E-state index is 11.0. The molecule has 3 amide bonds. The molecule has 1 rings (SSSR count). The third-order valence-electron chi connectivity index (χ3n) is 2.66. The highest BCUT2D eigenvalue weighted by atomic mass is 16.2. The van der Waals surface area contributed by atoms with Gasteiger partial charge in [0, 0.05) is 6.54 Å². The highest BCUT2D eigenvalue weighted by Gasteiger charge is 2.31. The Morgan fingerprint density at radius 2 is 2.07 bits per heavy atom. The highest BCUT2D eigenvalue weighted by Crippen LogP contribution is 2.39. The maximum Gasteiger partial charge on any atom is 0.318 e. The van der Waals surface area contributed by atoms with E-state index in [1.165, 1.54) is 19.3 Å². The van der Waals surface area contributed by atoms with E-state index >= 15 is 0 Å². The van der Waals surface area contributed by atoms with Crippen LogP contribution in [-0.2, 0) is 4.79 Å². The van der Waals surface area contributed by atoms with Crippen LogP contribution >= 0.6 is 0 Å². The quantitative estimate of drug-likeness (QED) is 0.594. The molecule has 0 aliphatic heterocycles. The Balaban J connectivity index is 2.08. The molecular formula is C9H17N3O2. The van der Waals surface area contributed by atoms with Gasteiger partial charge in [-0.05, 0) is 18.3 Å². The van der Waals surface area contributed by atoms with Gasteiger partial charge in [0.1, 0.15) is 0 Å². The molecule has 0 heterocycles. The molecule has 1 aliphatic carbocycles. The van der Waals surface area contributed by atoms with Gasteiger partial charge in [-0.1, -0.05) is 13.3 Å². The van der Waals surface area contributed by atoms with Crippen molar-refractivity contribution in [2.24, 2.45) is 11.1 Å². The van der Waals surface area contributed by atoms with E-state index in [2.05, 4.69) is 12.2 Å². The fourth-order valence-electron chi connectivity index (χ4n) is 1.62. The van der Waals surface area contributed by atoms with Crippen molar-refractivity contribution in [1.29, 1.82) is 0 Å². The predicted molar refractivity (Wildman–Crippen MR) is 52.6 cm³/mol. The van der Waals surface area contributed by atoms with Crippen LogP contribution in [0.5, 0.6) is 0 Å². The van der Waals surface area contributed by atoms with Crippen LogP contribution in [0.2, 0.25) is 0 Å². The van der Waals surface area contributed by atoms with Gasteiger partial charge in [0.15, 0.2) is 0 Å². The van der Waals surface area contributed by atoms with Crippen molar-refractivity contribution in [3.05, 3.63) is 0 Å². The Kier molecular flexibility index (Phi) is 3.46. The molecule has 0 aromatic carbocycles. The summed E-state index contributed by atoms with van der Waals surface area (Å²) in [5.41, 5.74) is 5.13. The Labute approximate surface area is 83.4 Å². The number of primary amides is 1. The number of nitrogens with two attached hydrogens (primary N) is 1. The summed E-state index contributed by atoms with van der Waals surface area (Å²) in [5, 5.41) is 5.02. The first-order chi connectivity index (χ1) is 6.52. The van der Waals surface area contributed by atoms with Crippen LogP contribution in [0, 0.1) is 5.41 Å². The number of hydrogen-bond acceptors (Lipinski definition) is 3. The molecule has 1 fully saturated rings. The minimum Gasteiger partial charge on any atom is -0.351 e. The molecule has 0 aromatic rings. The van der Waals surface area contributed by atoms with E-state index in [9.17, 15) is 9.59 Å². The summed E-state index contributed by atoms with van der Waals surface area (Å²) in [5.74, 6) is -0.375. The van der Waals surface area contributed by atoms with Crippen molar-refractivity contribution in [2.75, 3.05) is 13.1 Å². The molecule has 1 aliphatic rings. The second-order valence-electron chi connectivity index (χ2n) is 4.18. The first kappa shape index (κ1) is 11.0. The van der Waals surface area contributed by atoms with E-state index < -0.39 is 6.03 Å². The van der Waals surface area contributed by atoms with Gasteiger partial charge in [0.2, 0.25) is 5.91 Å². The van der Waals surface area contributed by atoms with E-state index in [1.54, 1.807) is 0 Å². The van der Waals surface area contributed by atoms with Gasteiger partial charge in [-0.15, -0.1) is 0 Å². The van der Waals surface area contributed by atoms with Gasteiger partial charge in [0.25, 0.3) is 0 Å². The highest BCUT2D eigenvalue weighted by molar-refractivity contribution is 5.94. The Morgan fingerprint density at radius 3 is 2.50 bits per heavy atom. The monoisotopic (exact) mass is 199 g/mol. The van der Waals surface area contributed by atoms with Crippen LogP contribution in [0.15, 0.2) is 0 Å². The number of hydrogen-bond donors (Lipinski definition) is 3. The second-order valence-corrected chi connectivity index (χ2v) is 4.18. The van der Waals surface area contributed by atoms with E-state index in [1.807, 2.05) is 5.32 Å². The number of nitrogens with one attached hydrogen (secondary N) is 2. The first-order valence-corrected chi connectivity index (χ1v) is 4.82. The van der Waals surface area contributed by atoms with Crippen LogP contribution in [-0.4, -0.2) is 25.0 Å². The summed E-state index contributed by atoms with van der Waals surface area (Å²) in [7, 11) is 0. The van der Waals surface area contributed by atoms with Crippen molar-refractivity contribution < 1.29 is 9.59 Å². The number of amides is 3. The molecule has 4 N–H and O–H groups in total. The number of carbonyl (C=O) groups is 2. The molecule has 0 aromatic heterocycles. The predicted octanol–water partition coefficient (Wildman–Crippen LogP) is -0.0389. The Hall–Kier alpha value is -1.10. The lowest BCUT2D eigenvalue weighted by Crippen LogP contribution is -2.44. The van der Waals surface area contributed by atoms with Gasteiger partial charge in [0.05, 0.1) is 6.54 Å². The van der Waals surface area contributed by atoms with E-state index in [-0.39, 0.29) is 12.5 Å². The minimum atomic E-state index is -0.799. The Morgan fingerprint density at radius 1 is 1.43 bits per heavy atom. The smallest absolute Gasteiger partial charge is 0.318 e. The largest absolute Gasteiger partial charge is 0.351 e. The molecule has 0 atom stereocenters. The third-order valence-corrected chi connectivity index (χ3v) is 2.66. The maximum atomic E-state index is 11.0. The second kappa shape index (κ2) is 4.41. The molecule has 0 bridgehead atoms. The summed E-state index contributed by atoms with van der Waals surface area (Å²) in [6.07, 6.45) is 3.68. The standard InChI is InChI=1S/C9H17N3O2/c1-9(3-2-4-9)6-11-5-7(13)12-8(10)14/h11H,2-6H2,1H3,(H3,10,12,13,14). The topological polar surface area (TPSA) is 84.2 Å². The molecule has 5 heteroatoms. The van der Waals surface area contributed by atoms with Crippen molar-refractivity contribution in [3.63, 3.8) is 0 Å². The Bertz CT molecular complexity index is 236. The van der Waals surface area contributed by atoms with Crippen LogP contribution < -0.4 is 16.4 Å². The molecule has 5 nitrogen and oxygen atoms in total. The van der Waals surface area contributed by atoms with E-state index in [0.717, 1.165) is 6.54 Å². The summed E-state index contributed by atoms with van der Waals surface area (Å²) in [6, 6.07) is -0.799. The zero-order valence-corrected chi connectivity index (χ0v) is 8.43. The average molecular weight is 199 g/mol. The van der Waals surface area contributed by atoms with Crippen molar-refractivity contribution in [3.8, 4) is 0 Å². The van der Waals surface area contributed by atoms with Gasteiger partial charge in [-0.2, -0.15) is 0 Å². The summed E-state index contributed by atoms with van der Waals surface area (Å²) in [4.78, 5) is 21.3. The minimum absolute atomic E-state index is 0.151. The molecule has 0 unspecified atom stereocenters. The van der Waals surface area contributed by atoms with Gasteiger partial charge in [-0.3, -0.25) is 10.1 Å². The molecule has 14 heavy (non-hydrogen) atoms. The van der Waals surface area contributed by atoms with Crippen molar-refractivity contribution >= 4 is 11.9 Å². The zero-order valence-electron chi connectivity index (χ0n) is 8.43. The molecule has 1 saturated carbocycles. The van der Waals surface area contributed by atoms with Crippen LogP contribution in [0.4, 0.5) is 4.79 Å². The van der Waals surface area contributed by atoms with Crippen molar-refractivity contribution in [1.82, 2.24) is 10.6 Å².